The van der Waals surface area contributed by atoms with Crippen LogP contribution in [0.2, 0.25) is 0 Å². The first-order valence-electron chi connectivity index (χ1n) is 6.92. The molecule has 0 spiro atoms. The first-order chi connectivity index (χ1) is 10.7. The molecule has 1 aliphatic rings. The van der Waals surface area contributed by atoms with Crippen LogP contribution in [0, 0.1) is 17.2 Å². The van der Waals surface area contributed by atoms with Crippen molar-refractivity contribution in [1.82, 2.24) is 5.32 Å². The van der Waals surface area contributed by atoms with Gasteiger partial charge >= 0.3 is 0 Å². The molecule has 0 amide bonds. The SMILES string of the molecule is N#CC1C(=S)NC(c2ccccc2)=CC1c1ccc(Br)cc1. The number of hydrogen-bond acceptors (Lipinski definition) is 2. The summed E-state index contributed by atoms with van der Waals surface area (Å²) in [6.45, 7) is 0. The second-order valence-electron chi connectivity index (χ2n) is 5.12. The largest absolute Gasteiger partial charge is 0.349 e. The number of hydrogen-bond donors (Lipinski definition) is 1. The lowest BCUT2D eigenvalue weighted by atomic mass is 9.83. The average Bonchev–Trinajstić information content (AvgIpc) is 2.55. The van der Waals surface area contributed by atoms with Gasteiger partial charge in [0.25, 0.3) is 0 Å². The van der Waals surface area contributed by atoms with Gasteiger partial charge in [-0.3, -0.25) is 0 Å². The summed E-state index contributed by atoms with van der Waals surface area (Å²) < 4.78 is 1.02. The van der Waals surface area contributed by atoms with Gasteiger partial charge in [0.2, 0.25) is 0 Å². The highest BCUT2D eigenvalue weighted by atomic mass is 79.9. The normalized spacial score (nSPS) is 20.7. The lowest BCUT2D eigenvalue weighted by Crippen LogP contribution is -2.35. The highest BCUT2D eigenvalue weighted by Gasteiger charge is 2.30. The quantitative estimate of drug-likeness (QED) is 0.784. The summed E-state index contributed by atoms with van der Waals surface area (Å²) in [7, 11) is 0. The standard InChI is InChI=1S/C18H13BrN2S/c19-14-8-6-12(7-9-14)15-10-17(13-4-2-1-3-5-13)21-18(22)16(15)11-20/h1-10,15-16H,(H,21,22). The third-order valence-corrected chi connectivity index (χ3v) is 4.61. The predicted octanol–water partition coefficient (Wildman–Crippen LogP) is 4.64. The smallest absolute Gasteiger partial charge is 0.107 e. The molecule has 0 fully saturated rings. The number of allylic oxidation sites excluding steroid dienone is 1. The molecule has 1 N–H and O–H groups in total. The van der Waals surface area contributed by atoms with Crippen molar-refractivity contribution in [1.29, 1.82) is 5.26 Å². The van der Waals surface area contributed by atoms with Crippen molar-refractivity contribution in [3.63, 3.8) is 0 Å². The first kappa shape index (κ1) is 15.0. The zero-order valence-electron chi connectivity index (χ0n) is 11.7. The molecule has 2 aromatic rings. The molecular formula is C18H13BrN2S. The van der Waals surface area contributed by atoms with Crippen LogP contribution in [0.15, 0.2) is 65.1 Å². The Kier molecular flexibility index (Phi) is 4.37. The monoisotopic (exact) mass is 368 g/mol. The van der Waals surface area contributed by atoms with Gasteiger partial charge in [0.1, 0.15) is 5.92 Å². The van der Waals surface area contributed by atoms with Crippen LogP contribution >= 0.6 is 28.1 Å². The number of halogens is 1. The Balaban J connectivity index is 2.05. The van der Waals surface area contributed by atoms with Crippen molar-refractivity contribution in [2.24, 2.45) is 5.92 Å². The van der Waals surface area contributed by atoms with E-state index in [0.29, 0.717) is 4.99 Å². The van der Waals surface area contributed by atoms with Gasteiger partial charge in [-0.1, -0.05) is 76.7 Å². The maximum atomic E-state index is 9.49. The topological polar surface area (TPSA) is 35.8 Å². The Labute approximate surface area is 143 Å². The van der Waals surface area contributed by atoms with Gasteiger partial charge in [0, 0.05) is 16.1 Å². The highest BCUT2D eigenvalue weighted by Crippen LogP contribution is 2.34. The molecule has 2 nitrogen and oxygen atoms in total. The average molecular weight is 369 g/mol. The van der Waals surface area contributed by atoms with E-state index in [0.717, 1.165) is 21.3 Å². The van der Waals surface area contributed by atoms with Crippen LogP contribution in [0.25, 0.3) is 5.70 Å². The van der Waals surface area contributed by atoms with Gasteiger partial charge in [0.05, 0.1) is 11.1 Å². The molecular weight excluding hydrogens is 356 g/mol. The van der Waals surface area contributed by atoms with E-state index in [2.05, 4.69) is 33.4 Å². The summed E-state index contributed by atoms with van der Waals surface area (Å²) in [5, 5.41) is 12.7. The van der Waals surface area contributed by atoms with Crippen LogP contribution in [0.1, 0.15) is 17.0 Å². The summed E-state index contributed by atoms with van der Waals surface area (Å²) in [5.74, 6) is -0.384. The minimum Gasteiger partial charge on any atom is -0.349 e. The van der Waals surface area contributed by atoms with Crippen molar-refractivity contribution in [3.05, 3.63) is 76.3 Å². The number of rotatable bonds is 2. The van der Waals surface area contributed by atoms with Gasteiger partial charge in [0.15, 0.2) is 0 Å². The number of nitriles is 1. The fraction of sp³-hybridized carbons (Fsp3) is 0.111. The van der Waals surface area contributed by atoms with E-state index in [1.807, 2.05) is 54.6 Å². The van der Waals surface area contributed by atoms with Gasteiger partial charge in [-0.2, -0.15) is 5.26 Å². The van der Waals surface area contributed by atoms with Gasteiger partial charge in [-0.25, -0.2) is 0 Å². The summed E-state index contributed by atoms with van der Waals surface area (Å²) in [6, 6.07) is 20.4. The minimum atomic E-state index is -0.344. The van der Waals surface area contributed by atoms with E-state index in [1.54, 1.807) is 0 Å². The number of nitrogens with zero attached hydrogens (tertiary/aromatic N) is 1. The number of benzene rings is 2. The molecule has 0 radical (unpaired) electrons. The van der Waals surface area contributed by atoms with Crippen LogP contribution in [-0.2, 0) is 0 Å². The maximum absolute atomic E-state index is 9.49. The third-order valence-electron chi connectivity index (χ3n) is 3.72. The number of nitrogens with one attached hydrogen (secondary N) is 1. The lowest BCUT2D eigenvalue weighted by Gasteiger charge is -2.28. The lowest BCUT2D eigenvalue weighted by molar-refractivity contribution is 0.733. The molecule has 4 heteroatoms. The minimum absolute atomic E-state index is 0.0398. The zero-order chi connectivity index (χ0) is 15.5. The molecule has 0 bridgehead atoms. The second kappa shape index (κ2) is 6.43. The van der Waals surface area contributed by atoms with E-state index >= 15 is 0 Å². The maximum Gasteiger partial charge on any atom is 0.107 e. The van der Waals surface area contributed by atoms with Crippen molar-refractivity contribution < 1.29 is 0 Å². The molecule has 2 aromatic carbocycles. The molecule has 108 valence electrons. The molecule has 1 heterocycles. The Morgan fingerprint density at radius 3 is 2.36 bits per heavy atom. The molecule has 1 aliphatic heterocycles. The summed E-state index contributed by atoms with van der Waals surface area (Å²) in [4.78, 5) is 0.580. The molecule has 3 rings (SSSR count). The van der Waals surface area contributed by atoms with Crippen LogP contribution in [0.5, 0.6) is 0 Å². The van der Waals surface area contributed by atoms with Gasteiger partial charge < -0.3 is 5.32 Å². The predicted molar refractivity (Wildman–Crippen MR) is 96.1 cm³/mol. The zero-order valence-corrected chi connectivity index (χ0v) is 14.1. The van der Waals surface area contributed by atoms with Crippen LogP contribution in [-0.4, -0.2) is 4.99 Å². The van der Waals surface area contributed by atoms with E-state index in [9.17, 15) is 5.26 Å². The van der Waals surface area contributed by atoms with E-state index in [4.69, 9.17) is 12.2 Å². The van der Waals surface area contributed by atoms with E-state index < -0.39 is 0 Å². The van der Waals surface area contributed by atoms with Crippen LogP contribution in [0.3, 0.4) is 0 Å². The summed E-state index contributed by atoms with van der Waals surface area (Å²) in [6.07, 6.45) is 2.10. The van der Waals surface area contributed by atoms with Gasteiger partial charge in [-0.15, -0.1) is 0 Å². The fourth-order valence-corrected chi connectivity index (χ4v) is 3.16. The Morgan fingerprint density at radius 1 is 1.05 bits per heavy atom. The third kappa shape index (κ3) is 2.96. The molecule has 0 aromatic heterocycles. The highest BCUT2D eigenvalue weighted by molar-refractivity contribution is 9.10. The molecule has 22 heavy (non-hydrogen) atoms. The molecule has 2 atom stereocenters. The number of thiocarbonyl (C=S) groups is 1. The van der Waals surface area contributed by atoms with Crippen molar-refractivity contribution in [3.8, 4) is 6.07 Å². The van der Waals surface area contributed by atoms with E-state index in [-0.39, 0.29) is 11.8 Å². The summed E-state index contributed by atoms with van der Waals surface area (Å²) >= 11 is 8.87. The Morgan fingerprint density at radius 2 is 1.73 bits per heavy atom. The molecule has 0 saturated carbocycles. The molecule has 0 aliphatic carbocycles. The van der Waals surface area contributed by atoms with Crippen molar-refractivity contribution in [2.75, 3.05) is 0 Å². The first-order valence-corrected chi connectivity index (χ1v) is 8.12. The van der Waals surface area contributed by atoms with Crippen molar-refractivity contribution >= 4 is 38.8 Å². The van der Waals surface area contributed by atoms with E-state index in [1.165, 1.54) is 0 Å². The van der Waals surface area contributed by atoms with Crippen molar-refractivity contribution in [2.45, 2.75) is 5.92 Å². The molecule has 0 saturated heterocycles. The van der Waals surface area contributed by atoms with Crippen LogP contribution < -0.4 is 5.32 Å². The Bertz CT molecular complexity index is 760. The van der Waals surface area contributed by atoms with Crippen LogP contribution in [0.4, 0.5) is 0 Å². The summed E-state index contributed by atoms with van der Waals surface area (Å²) in [5.41, 5.74) is 3.13. The molecule has 2 unspecified atom stereocenters. The second-order valence-corrected chi connectivity index (χ2v) is 6.48. The van der Waals surface area contributed by atoms with Gasteiger partial charge in [-0.05, 0) is 23.3 Å². The fourth-order valence-electron chi connectivity index (χ4n) is 2.59. The Hall–Kier alpha value is -1.96.